The van der Waals surface area contributed by atoms with Gasteiger partial charge in [-0.05, 0) is 22.0 Å². The molecule has 0 aromatic carbocycles. The second kappa shape index (κ2) is 2.21. The summed E-state index contributed by atoms with van der Waals surface area (Å²) in [6.07, 6.45) is 2.35. The summed E-state index contributed by atoms with van der Waals surface area (Å²) in [5, 5.41) is 9.92. The summed E-state index contributed by atoms with van der Waals surface area (Å²) >= 11 is 0. The minimum Gasteiger partial charge on any atom is -0.358 e. The third-order valence-electron chi connectivity index (χ3n) is 0.782. The van der Waals surface area contributed by atoms with Crippen LogP contribution in [-0.4, -0.2) is 9.91 Å². The standard InChI is InChI=1S/C5H3N2O2/c8-7(9)5-3-1-2-4-6-5/h1-3H. The zero-order valence-corrected chi connectivity index (χ0v) is 4.44. The molecule has 0 saturated carbocycles. The third kappa shape index (κ3) is 1.22. The Kier molecular flexibility index (Phi) is 1.40. The SMILES string of the molecule is O=[N+]([O-])c1ccc[c]n1. The van der Waals surface area contributed by atoms with Crippen molar-refractivity contribution in [3.05, 3.63) is 34.5 Å². The smallest absolute Gasteiger partial charge is 0.358 e. The number of pyridine rings is 1. The molecule has 1 radical (unpaired) electrons. The van der Waals surface area contributed by atoms with Gasteiger partial charge in [0.1, 0.15) is 0 Å². The molecule has 1 rings (SSSR count). The highest BCUT2D eigenvalue weighted by atomic mass is 16.6. The Hall–Kier alpha value is -1.45. The topological polar surface area (TPSA) is 56.0 Å². The molecule has 0 atom stereocenters. The van der Waals surface area contributed by atoms with Crippen LogP contribution >= 0.6 is 0 Å². The molecular weight excluding hydrogens is 120 g/mol. The zero-order chi connectivity index (χ0) is 6.69. The molecule has 0 spiro atoms. The molecule has 0 saturated heterocycles. The number of rotatable bonds is 1. The van der Waals surface area contributed by atoms with Crippen molar-refractivity contribution in [2.75, 3.05) is 0 Å². The van der Waals surface area contributed by atoms with E-state index in [2.05, 4.69) is 11.2 Å². The van der Waals surface area contributed by atoms with E-state index < -0.39 is 4.92 Å². The fraction of sp³-hybridized carbons (Fsp3) is 0. The largest absolute Gasteiger partial charge is 0.364 e. The Morgan fingerprint density at radius 2 is 2.56 bits per heavy atom. The van der Waals surface area contributed by atoms with Gasteiger partial charge in [-0.2, -0.15) is 0 Å². The molecule has 1 aromatic heterocycles. The van der Waals surface area contributed by atoms with Crippen LogP contribution in [0.4, 0.5) is 5.82 Å². The number of nitro groups is 1. The fourth-order valence-electron chi connectivity index (χ4n) is 0.420. The van der Waals surface area contributed by atoms with E-state index in [0.29, 0.717) is 0 Å². The van der Waals surface area contributed by atoms with Crippen molar-refractivity contribution < 1.29 is 4.92 Å². The molecule has 9 heavy (non-hydrogen) atoms. The van der Waals surface area contributed by atoms with Gasteiger partial charge in [0, 0.05) is 6.07 Å². The second-order valence-corrected chi connectivity index (χ2v) is 1.38. The van der Waals surface area contributed by atoms with Crippen LogP contribution in [0, 0.1) is 16.3 Å². The van der Waals surface area contributed by atoms with Gasteiger partial charge in [0.25, 0.3) is 0 Å². The first-order valence-electron chi connectivity index (χ1n) is 2.28. The highest BCUT2D eigenvalue weighted by molar-refractivity contribution is 5.15. The van der Waals surface area contributed by atoms with Crippen molar-refractivity contribution in [1.29, 1.82) is 0 Å². The third-order valence-corrected chi connectivity index (χ3v) is 0.782. The number of hydrogen-bond acceptors (Lipinski definition) is 3. The Labute approximate surface area is 51.3 Å². The van der Waals surface area contributed by atoms with Gasteiger partial charge in [0.2, 0.25) is 6.20 Å². The van der Waals surface area contributed by atoms with Crippen LogP contribution in [0.3, 0.4) is 0 Å². The zero-order valence-electron chi connectivity index (χ0n) is 4.44. The highest BCUT2D eigenvalue weighted by Crippen LogP contribution is 2.01. The second-order valence-electron chi connectivity index (χ2n) is 1.38. The Morgan fingerprint density at radius 1 is 1.78 bits per heavy atom. The van der Waals surface area contributed by atoms with E-state index in [1.165, 1.54) is 18.2 Å². The minimum atomic E-state index is -0.559. The average Bonchev–Trinajstić information content (AvgIpc) is 1.90. The van der Waals surface area contributed by atoms with Crippen molar-refractivity contribution in [3.63, 3.8) is 0 Å². The number of nitrogens with zero attached hydrogens (tertiary/aromatic N) is 2. The molecule has 0 aliphatic rings. The molecule has 0 aliphatic carbocycles. The van der Waals surface area contributed by atoms with E-state index in [-0.39, 0.29) is 5.82 Å². The van der Waals surface area contributed by atoms with Gasteiger partial charge in [-0.15, -0.1) is 0 Å². The summed E-state index contributed by atoms with van der Waals surface area (Å²) in [4.78, 5) is 12.7. The summed E-state index contributed by atoms with van der Waals surface area (Å²) in [7, 11) is 0. The average molecular weight is 123 g/mol. The first-order chi connectivity index (χ1) is 4.30. The molecule has 0 unspecified atom stereocenters. The van der Waals surface area contributed by atoms with E-state index in [1.54, 1.807) is 0 Å². The summed E-state index contributed by atoms with van der Waals surface area (Å²) < 4.78 is 0. The number of aromatic nitrogens is 1. The van der Waals surface area contributed by atoms with Crippen molar-refractivity contribution in [1.82, 2.24) is 4.98 Å². The molecule has 0 bridgehead atoms. The molecule has 4 heteroatoms. The van der Waals surface area contributed by atoms with Crippen LogP contribution in [0.5, 0.6) is 0 Å². The van der Waals surface area contributed by atoms with Crippen LogP contribution in [0.1, 0.15) is 0 Å². The van der Waals surface area contributed by atoms with Crippen LogP contribution in [-0.2, 0) is 0 Å². The van der Waals surface area contributed by atoms with Gasteiger partial charge in [-0.25, -0.2) is 0 Å². The van der Waals surface area contributed by atoms with E-state index in [4.69, 9.17) is 0 Å². The first kappa shape index (κ1) is 5.68. The maximum absolute atomic E-state index is 9.92. The van der Waals surface area contributed by atoms with Gasteiger partial charge in [-0.3, -0.25) is 0 Å². The molecule has 45 valence electrons. The van der Waals surface area contributed by atoms with Crippen molar-refractivity contribution in [3.8, 4) is 0 Å². The molecule has 0 fully saturated rings. The van der Waals surface area contributed by atoms with Crippen LogP contribution in [0.2, 0.25) is 0 Å². The molecular formula is C5H3N2O2. The molecule has 1 aromatic rings. The summed E-state index contributed by atoms with van der Waals surface area (Å²) in [5.41, 5.74) is 0. The van der Waals surface area contributed by atoms with Crippen molar-refractivity contribution in [2.24, 2.45) is 0 Å². The van der Waals surface area contributed by atoms with Gasteiger partial charge < -0.3 is 10.1 Å². The van der Waals surface area contributed by atoms with Gasteiger partial charge in [-0.1, -0.05) is 0 Å². The fourth-order valence-corrected chi connectivity index (χ4v) is 0.420. The van der Waals surface area contributed by atoms with Crippen LogP contribution in [0.25, 0.3) is 0 Å². The Morgan fingerprint density at radius 3 is 2.89 bits per heavy atom. The lowest BCUT2D eigenvalue weighted by molar-refractivity contribution is -0.389. The molecule has 0 aliphatic heterocycles. The lowest BCUT2D eigenvalue weighted by Crippen LogP contribution is -1.89. The Balaban J connectivity index is 2.98. The van der Waals surface area contributed by atoms with Crippen molar-refractivity contribution in [2.45, 2.75) is 0 Å². The van der Waals surface area contributed by atoms with E-state index >= 15 is 0 Å². The predicted octanol–water partition coefficient (Wildman–Crippen LogP) is 0.790. The van der Waals surface area contributed by atoms with Crippen LogP contribution in [0.15, 0.2) is 18.2 Å². The van der Waals surface area contributed by atoms with E-state index in [0.717, 1.165) is 0 Å². The number of hydrogen-bond donors (Lipinski definition) is 0. The lowest BCUT2D eigenvalue weighted by Gasteiger charge is -1.86. The van der Waals surface area contributed by atoms with E-state index in [1.807, 2.05) is 0 Å². The molecule has 4 nitrogen and oxygen atoms in total. The van der Waals surface area contributed by atoms with Gasteiger partial charge in [0.15, 0.2) is 0 Å². The molecule has 1 heterocycles. The summed E-state index contributed by atoms with van der Waals surface area (Å²) in [6, 6.07) is 4.34. The minimum absolute atomic E-state index is 0.169. The molecule has 0 amide bonds. The monoisotopic (exact) mass is 123 g/mol. The summed E-state index contributed by atoms with van der Waals surface area (Å²) in [6.45, 7) is 0. The maximum Gasteiger partial charge on any atom is 0.364 e. The maximum atomic E-state index is 9.92. The summed E-state index contributed by atoms with van der Waals surface area (Å²) in [5.74, 6) is -0.169. The normalized spacial score (nSPS) is 8.89. The highest BCUT2D eigenvalue weighted by Gasteiger charge is 2.00. The Bertz CT molecular complexity index is 209. The predicted molar refractivity (Wildman–Crippen MR) is 29.7 cm³/mol. The lowest BCUT2D eigenvalue weighted by atomic mass is 10.5. The van der Waals surface area contributed by atoms with Gasteiger partial charge in [0.05, 0.1) is 0 Å². The first-order valence-corrected chi connectivity index (χ1v) is 2.28. The van der Waals surface area contributed by atoms with E-state index in [9.17, 15) is 10.1 Å². The van der Waals surface area contributed by atoms with Gasteiger partial charge >= 0.3 is 5.82 Å². The quantitative estimate of drug-likeness (QED) is 0.409. The molecule has 0 N–H and O–H groups in total. The van der Waals surface area contributed by atoms with Crippen molar-refractivity contribution >= 4 is 5.82 Å². The van der Waals surface area contributed by atoms with Crippen LogP contribution < -0.4 is 0 Å².